The number of nitrogens with one attached hydrogen (secondary N) is 1. The fourth-order valence-electron chi connectivity index (χ4n) is 2.41. The van der Waals surface area contributed by atoms with E-state index in [-0.39, 0.29) is 29.4 Å². The molecule has 0 amide bonds. The first-order valence-corrected chi connectivity index (χ1v) is 10.1. The van der Waals surface area contributed by atoms with E-state index in [1.54, 1.807) is 13.8 Å². The van der Waals surface area contributed by atoms with Gasteiger partial charge < -0.3 is 14.6 Å². The Bertz CT molecular complexity index is 945. The highest BCUT2D eigenvalue weighted by Crippen LogP contribution is 2.26. The van der Waals surface area contributed by atoms with Gasteiger partial charge in [0.2, 0.25) is 0 Å². The van der Waals surface area contributed by atoms with Crippen LogP contribution in [0.2, 0.25) is 0 Å². The third-order valence-electron chi connectivity index (χ3n) is 3.73. The van der Waals surface area contributed by atoms with Crippen molar-refractivity contribution in [1.29, 1.82) is 0 Å². The lowest BCUT2D eigenvalue weighted by Gasteiger charge is -2.13. The minimum absolute atomic E-state index is 0.00261. The molecular formula is C19H22FNO6S. The van der Waals surface area contributed by atoms with Crippen LogP contribution < -0.4 is 14.2 Å². The number of ether oxygens (including phenoxy) is 2. The number of hydrogen-bond acceptors (Lipinski definition) is 5. The lowest BCUT2D eigenvalue weighted by molar-refractivity contribution is -0.137. The molecule has 0 atom stereocenters. The summed E-state index contributed by atoms with van der Waals surface area (Å²) in [5.74, 6) is -1.05. The standard InChI is InChI=1S/C19H22FNO6S/c1-3-26-18-8-6-14(12-16(18)20)21-28(24,25)15-7-9-17(13(2)11-15)27-10-4-5-19(22)23/h6-9,11-12,21H,3-5,10H2,1-2H3,(H,22,23). The summed E-state index contributed by atoms with van der Waals surface area (Å²) in [5.41, 5.74) is 0.656. The number of carboxylic acids is 1. The van der Waals surface area contributed by atoms with Crippen molar-refractivity contribution in [3.8, 4) is 11.5 Å². The largest absolute Gasteiger partial charge is 0.493 e. The minimum atomic E-state index is -3.92. The number of benzene rings is 2. The van der Waals surface area contributed by atoms with Gasteiger partial charge in [-0.05, 0) is 56.2 Å². The molecule has 0 aromatic heterocycles. The lowest BCUT2D eigenvalue weighted by atomic mass is 10.2. The Labute approximate surface area is 163 Å². The number of hydrogen-bond donors (Lipinski definition) is 2. The second-order valence-corrected chi connectivity index (χ2v) is 7.64. The Kier molecular flexibility index (Phi) is 7.22. The maximum Gasteiger partial charge on any atom is 0.303 e. The van der Waals surface area contributed by atoms with Crippen LogP contribution in [0.15, 0.2) is 41.3 Å². The average molecular weight is 411 g/mol. The number of aryl methyl sites for hydroxylation is 1. The molecule has 2 rings (SSSR count). The predicted octanol–water partition coefficient (Wildman–Crippen LogP) is 3.58. The van der Waals surface area contributed by atoms with E-state index in [0.717, 1.165) is 6.07 Å². The van der Waals surface area contributed by atoms with Crippen molar-refractivity contribution >= 4 is 21.7 Å². The Morgan fingerprint density at radius 2 is 1.86 bits per heavy atom. The van der Waals surface area contributed by atoms with Crippen molar-refractivity contribution in [3.63, 3.8) is 0 Å². The SMILES string of the molecule is CCOc1ccc(NS(=O)(=O)c2ccc(OCCCC(=O)O)c(C)c2)cc1F. The molecule has 7 nitrogen and oxygen atoms in total. The van der Waals surface area contributed by atoms with Crippen LogP contribution in [0.3, 0.4) is 0 Å². The highest BCUT2D eigenvalue weighted by molar-refractivity contribution is 7.92. The third kappa shape index (κ3) is 5.85. The number of aliphatic carboxylic acids is 1. The fraction of sp³-hybridized carbons (Fsp3) is 0.316. The second-order valence-electron chi connectivity index (χ2n) is 5.96. The molecule has 2 aromatic carbocycles. The van der Waals surface area contributed by atoms with Crippen molar-refractivity contribution in [2.24, 2.45) is 0 Å². The van der Waals surface area contributed by atoms with Gasteiger partial charge in [-0.15, -0.1) is 0 Å². The molecule has 0 unspecified atom stereocenters. The molecule has 0 saturated carbocycles. The first-order valence-electron chi connectivity index (χ1n) is 8.63. The molecule has 0 heterocycles. The Balaban J connectivity index is 2.10. The molecule has 2 aromatic rings. The maximum absolute atomic E-state index is 13.9. The van der Waals surface area contributed by atoms with Gasteiger partial charge in [-0.25, -0.2) is 12.8 Å². The second kappa shape index (κ2) is 9.41. The highest BCUT2D eigenvalue weighted by atomic mass is 32.2. The van der Waals surface area contributed by atoms with Crippen molar-refractivity contribution in [2.75, 3.05) is 17.9 Å². The summed E-state index contributed by atoms with van der Waals surface area (Å²) >= 11 is 0. The summed E-state index contributed by atoms with van der Waals surface area (Å²) in [5, 5.41) is 8.61. The van der Waals surface area contributed by atoms with E-state index in [0.29, 0.717) is 24.3 Å². The van der Waals surface area contributed by atoms with Gasteiger partial charge in [0.25, 0.3) is 10.0 Å². The number of carboxylic acid groups (broad SMARTS) is 1. The first kappa shape index (κ1) is 21.5. The molecule has 0 saturated heterocycles. The van der Waals surface area contributed by atoms with E-state index >= 15 is 0 Å². The smallest absolute Gasteiger partial charge is 0.303 e. The number of halogens is 1. The normalized spacial score (nSPS) is 11.1. The molecule has 0 bridgehead atoms. The summed E-state index contributed by atoms with van der Waals surface area (Å²) in [7, 11) is -3.92. The van der Waals surface area contributed by atoms with Gasteiger partial charge in [-0.2, -0.15) is 0 Å². The van der Waals surface area contributed by atoms with Crippen LogP contribution in [0.4, 0.5) is 10.1 Å². The van der Waals surface area contributed by atoms with Crippen molar-refractivity contribution in [2.45, 2.75) is 31.6 Å². The monoisotopic (exact) mass is 411 g/mol. The molecule has 0 aliphatic carbocycles. The van der Waals surface area contributed by atoms with Crippen LogP contribution in [-0.2, 0) is 14.8 Å². The van der Waals surface area contributed by atoms with Gasteiger partial charge in [0.1, 0.15) is 5.75 Å². The van der Waals surface area contributed by atoms with Gasteiger partial charge in [0.15, 0.2) is 11.6 Å². The lowest BCUT2D eigenvalue weighted by Crippen LogP contribution is -2.13. The van der Waals surface area contributed by atoms with Gasteiger partial charge in [0.05, 0.1) is 23.8 Å². The highest BCUT2D eigenvalue weighted by Gasteiger charge is 2.17. The molecule has 28 heavy (non-hydrogen) atoms. The Hall–Kier alpha value is -2.81. The Morgan fingerprint density at radius 1 is 1.14 bits per heavy atom. The molecule has 152 valence electrons. The van der Waals surface area contributed by atoms with E-state index in [4.69, 9.17) is 14.6 Å². The molecule has 0 fully saturated rings. The van der Waals surface area contributed by atoms with Gasteiger partial charge in [-0.1, -0.05) is 0 Å². The quantitative estimate of drug-likeness (QED) is 0.580. The third-order valence-corrected chi connectivity index (χ3v) is 5.11. The topological polar surface area (TPSA) is 102 Å². The summed E-state index contributed by atoms with van der Waals surface area (Å²) in [4.78, 5) is 10.5. The van der Waals surface area contributed by atoms with Crippen molar-refractivity contribution < 1.29 is 32.2 Å². The molecule has 0 radical (unpaired) electrons. The van der Waals surface area contributed by atoms with Crippen LogP contribution in [0.25, 0.3) is 0 Å². The van der Waals surface area contributed by atoms with E-state index in [9.17, 15) is 17.6 Å². The van der Waals surface area contributed by atoms with Gasteiger partial charge >= 0.3 is 5.97 Å². The summed E-state index contributed by atoms with van der Waals surface area (Å²) < 4.78 is 51.9. The molecule has 9 heteroatoms. The van der Waals surface area contributed by atoms with E-state index in [1.807, 2.05) is 0 Å². The molecule has 0 aliphatic rings. The average Bonchev–Trinajstić information content (AvgIpc) is 2.61. The number of sulfonamides is 1. The molecule has 0 aliphatic heterocycles. The Morgan fingerprint density at radius 3 is 2.46 bits per heavy atom. The summed E-state index contributed by atoms with van der Waals surface area (Å²) in [6, 6.07) is 8.12. The van der Waals surface area contributed by atoms with Crippen molar-refractivity contribution in [1.82, 2.24) is 0 Å². The molecular weight excluding hydrogens is 389 g/mol. The zero-order chi connectivity index (χ0) is 20.7. The zero-order valence-electron chi connectivity index (χ0n) is 15.6. The zero-order valence-corrected chi connectivity index (χ0v) is 16.4. The fourth-order valence-corrected chi connectivity index (χ4v) is 3.54. The van der Waals surface area contributed by atoms with Crippen LogP contribution in [0.1, 0.15) is 25.3 Å². The number of carbonyl (C=O) groups is 1. The van der Waals surface area contributed by atoms with Crippen molar-refractivity contribution in [3.05, 3.63) is 47.8 Å². The number of rotatable bonds is 10. The maximum atomic E-state index is 13.9. The van der Waals surface area contributed by atoms with Crippen LogP contribution >= 0.6 is 0 Å². The summed E-state index contributed by atoms with van der Waals surface area (Å²) in [6.45, 7) is 3.91. The molecule has 2 N–H and O–H groups in total. The first-order chi connectivity index (χ1) is 13.2. The van der Waals surface area contributed by atoms with Crippen LogP contribution in [-0.4, -0.2) is 32.7 Å². The van der Waals surface area contributed by atoms with Gasteiger partial charge in [-0.3, -0.25) is 9.52 Å². The van der Waals surface area contributed by atoms with E-state index in [1.165, 1.54) is 30.3 Å². The van der Waals surface area contributed by atoms with Crippen LogP contribution in [0, 0.1) is 12.7 Å². The number of anilines is 1. The van der Waals surface area contributed by atoms with E-state index < -0.39 is 21.8 Å². The molecule has 0 spiro atoms. The van der Waals surface area contributed by atoms with Crippen LogP contribution in [0.5, 0.6) is 11.5 Å². The van der Waals surface area contributed by atoms with E-state index in [2.05, 4.69) is 4.72 Å². The van der Waals surface area contributed by atoms with Gasteiger partial charge in [0, 0.05) is 12.5 Å². The predicted molar refractivity (Wildman–Crippen MR) is 102 cm³/mol. The minimum Gasteiger partial charge on any atom is -0.493 e. The summed E-state index contributed by atoms with van der Waals surface area (Å²) in [6.07, 6.45) is 0.341.